The fourth-order valence-corrected chi connectivity index (χ4v) is 3.80. The molecule has 0 amide bonds. The molecule has 2 aromatic rings. The molecular weight excluding hydrogens is 487 g/mol. The van der Waals surface area contributed by atoms with Crippen LogP contribution in [0.1, 0.15) is 35.3 Å². The van der Waals surface area contributed by atoms with Crippen LogP contribution in [-0.2, 0) is 23.7 Å². The van der Waals surface area contributed by atoms with Gasteiger partial charge >= 0.3 is 18.3 Å². The molecule has 5 nitrogen and oxygen atoms in total. The number of hydrogen-bond donors (Lipinski definition) is 2. The fourth-order valence-electron chi connectivity index (χ4n) is 3.80. The summed E-state index contributed by atoms with van der Waals surface area (Å²) in [5, 5.41) is 19.1. The van der Waals surface area contributed by atoms with E-state index in [0.29, 0.717) is 18.2 Å². The van der Waals surface area contributed by atoms with E-state index in [1.165, 1.54) is 36.1 Å². The molecule has 2 aromatic carbocycles. The molecule has 1 aliphatic heterocycles. The molecule has 1 heterocycles. The Balaban J connectivity index is 1.63. The molecule has 35 heavy (non-hydrogen) atoms. The third-order valence-corrected chi connectivity index (χ3v) is 5.71. The van der Waals surface area contributed by atoms with Gasteiger partial charge in [0.1, 0.15) is 12.4 Å². The lowest BCUT2D eigenvalue weighted by Crippen LogP contribution is -2.61. The van der Waals surface area contributed by atoms with Gasteiger partial charge in [0, 0.05) is 19.6 Å². The number of aliphatic hydroxyl groups excluding tert-OH is 1. The second-order valence-corrected chi connectivity index (χ2v) is 8.60. The minimum Gasteiger partial charge on any atom is -0.490 e. The predicted molar refractivity (Wildman–Crippen MR) is 109 cm³/mol. The first-order chi connectivity index (χ1) is 16.1. The highest BCUT2D eigenvalue weighted by Gasteiger charge is 2.45. The highest BCUT2D eigenvalue weighted by atomic mass is 19.4. The average molecular weight is 509 g/mol. The van der Waals surface area contributed by atoms with Crippen molar-refractivity contribution >= 4 is 5.97 Å². The topological polar surface area (TPSA) is 70.0 Å². The second-order valence-electron chi connectivity index (χ2n) is 8.60. The number of nitrogens with zero attached hydrogens (tertiary/aromatic N) is 1. The summed E-state index contributed by atoms with van der Waals surface area (Å²) in [4.78, 5) is 12.3. The Morgan fingerprint density at radius 2 is 1.74 bits per heavy atom. The van der Waals surface area contributed by atoms with Crippen molar-refractivity contribution in [2.45, 2.75) is 37.6 Å². The number of rotatable bonds is 8. The van der Waals surface area contributed by atoms with Crippen LogP contribution >= 0.6 is 0 Å². The molecule has 0 unspecified atom stereocenters. The van der Waals surface area contributed by atoms with E-state index in [2.05, 4.69) is 0 Å². The summed E-state index contributed by atoms with van der Waals surface area (Å²) in [6.07, 6.45) is -11.0. The zero-order valence-corrected chi connectivity index (χ0v) is 18.3. The van der Waals surface area contributed by atoms with Crippen molar-refractivity contribution < 1.29 is 50.5 Å². The Morgan fingerprint density at radius 3 is 2.31 bits per heavy atom. The van der Waals surface area contributed by atoms with Crippen LogP contribution in [-0.4, -0.2) is 46.4 Å². The first-order valence-corrected chi connectivity index (χ1v) is 10.4. The molecule has 0 aliphatic carbocycles. The van der Waals surface area contributed by atoms with E-state index in [-0.39, 0.29) is 24.4 Å². The van der Waals surface area contributed by atoms with Gasteiger partial charge in [-0.2, -0.15) is 26.3 Å². The van der Waals surface area contributed by atoms with Gasteiger partial charge in [0.05, 0.1) is 23.1 Å². The van der Waals surface area contributed by atoms with Crippen LogP contribution in [0.2, 0.25) is 0 Å². The van der Waals surface area contributed by atoms with E-state index in [1.807, 2.05) is 0 Å². The van der Waals surface area contributed by atoms with Crippen molar-refractivity contribution in [1.82, 2.24) is 4.90 Å². The molecule has 2 atom stereocenters. The van der Waals surface area contributed by atoms with Crippen LogP contribution in [0.25, 0.3) is 0 Å². The van der Waals surface area contributed by atoms with Gasteiger partial charge in [-0.3, -0.25) is 9.69 Å². The van der Waals surface area contributed by atoms with Gasteiger partial charge in [0.2, 0.25) is 0 Å². The molecule has 3 rings (SSSR count). The number of carboxylic acids is 1. The van der Waals surface area contributed by atoms with Gasteiger partial charge in [-0.1, -0.05) is 12.1 Å². The Morgan fingerprint density at radius 1 is 1.09 bits per heavy atom. The van der Waals surface area contributed by atoms with E-state index >= 15 is 0 Å². The minimum absolute atomic E-state index is 0.145. The molecule has 1 saturated heterocycles. The van der Waals surface area contributed by atoms with Gasteiger partial charge in [-0.15, -0.1) is 0 Å². The lowest BCUT2D eigenvalue weighted by molar-refractivity contribution is -0.145. The molecule has 12 heteroatoms. The maximum atomic E-state index is 14.9. The van der Waals surface area contributed by atoms with Crippen molar-refractivity contribution in [3.63, 3.8) is 0 Å². The Labute approximate surface area is 195 Å². The van der Waals surface area contributed by atoms with Crippen molar-refractivity contribution in [3.05, 3.63) is 64.7 Å². The standard InChI is InChI=1S/C23H22F7NO4/c1-13(20(33)34)19(32)14-3-2-4-17(8-14)35-12-21(24)10-31(11-21)9-15-7-16(22(25,26)27)5-6-18(15)23(28,29)30/h2-8,13,19,32H,9-12H2,1H3,(H,33,34)/t13-,19+/m0/s1. The van der Waals surface area contributed by atoms with Crippen molar-refractivity contribution in [3.8, 4) is 5.75 Å². The highest BCUT2D eigenvalue weighted by Crippen LogP contribution is 2.38. The van der Waals surface area contributed by atoms with Gasteiger partial charge in [0.15, 0.2) is 5.67 Å². The quantitative estimate of drug-likeness (QED) is 0.486. The van der Waals surface area contributed by atoms with Crippen LogP contribution in [0.15, 0.2) is 42.5 Å². The number of ether oxygens (including phenoxy) is 1. The fraction of sp³-hybridized carbons (Fsp3) is 0.435. The van der Waals surface area contributed by atoms with E-state index in [9.17, 15) is 40.6 Å². The zero-order valence-electron chi connectivity index (χ0n) is 18.3. The second kappa shape index (κ2) is 9.65. The Bertz CT molecular complexity index is 1060. The number of aliphatic hydroxyl groups is 1. The number of likely N-dealkylation sites (tertiary alicyclic amines) is 1. The summed E-state index contributed by atoms with van der Waals surface area (Å²) >= 11 is 0. The van der Waals surface area contributed by atoms with E-state index in [4.69, 9.17) is 9.84 Å². The number of hydrogen-bond acceptors (Lipinski definition) is 4. The first kappa shape index (κ1) is 26.7. The summed E-state index contributed by atoms with van der Waals surface area (Å²) < 4.78 is 99.0. The summed E-state index contributed by atoms with van der Waals surface area (Å²) in [5.74, 6) is -2.17. The monoisotopic (exact) mass is 509 g/mol. The number of aliphatic carboxylic acids is 1. The summed E-state index contributed by atoms with van der Waals surface area (Å²) in [7, 11) is 0. The van der Waals surface area contributed by atoms with E-state index in [1.54, 1.807) is 0 Å². The molecule has 0 saturated carbocycles. The summed E-state index contributed by atoms with van der Waals surface area (Å²) in [6.45, 7) is -0.433. The molecule has 0 aromatic heterocycles. The van der Waals surface area contributed by atoms with Gasteiger partial charge < -0.3 is 14.9 Å². The van der Waals surface area contributed by atoms with Crippen LogP contribution in [0.3, 0.4) is 0 Å². The normalized spacial score (nSPS) is 18.0. The first-order valence-electron chi connectivity index (χ1n) is 10.4. The van der Waals surface area contributed by atoms with Gasteiger partial charge in [-0.25, -0.2) is 4.39 Å². The summed E-state index contributed by atoms with van der Waals surface area (Å²) in [5.41, 5.74) is -4.77. The van der Waals surface area contributed by atoms with Gasteiger partial charge in [-0.05, 0) is 48.4 Å². The number of alkyl halides is 7. The van der Waals surface area contributed by atoms with Crippen LogP contribution < -0.4 is 4.74 Å². The molecule has 1 aliphatic rings. The summed E-state index contributed by atoms with van der Waals surface area (Å²) in [6, 6.07) is 6.91. The smallest absolute Gasteiger partial charge is 0.416 e. The molecule has 1 fully saturated rings. The Kier molecular flexibility index (Phi) is 7.37. The average Bonchev–Trinajstić information content (AvgIpc) is 2.74. The van der Waals surface area contributed by atoms with E-state index in [0.717, 1.165) is 0 Å². The number of carbonyl (C=O) groups is 1. The largest absolute Gasteiger partial charge is 0.490 e. The van der Waals surface area contributed by atoms with Crippen molar-refractivity contribution in [1.29, 1.82) is 0 Å². The maximum Gasteiger partial charge on any atom is 0.416 e. The van der Waals surface area contributed by atoms with Crippen LogP contribution in [0.5, 0.6) is 5.75 Å². The van der Waals surface area contributed by atoms with Crippen molar-refractivity contribution in [2.24, 2.45) is 5.92 Å². The van der Waals surface area contributed by atoms with Crippen molar-refractivity contribution in [2.75, 3.05) is 19.7 Å². The minimum atomic E-state index is -4.87. The third-order valence-electron chi connectivity index (χ3n) is 5.71. The van der Waals surface area contributed by atoms with Crippen LogP contribution in [0, 0.1) is 5.92 Å². The Hall–Kier alpha value is -2.86. The lowest BCUT2D eigenvalue weighted by Gasteiger charge is -2.44. The molecule has 2 N–H and O–H groups in total. The molecular formula is C23H22F7NO4. The van der Waals surface area contributed by atoms with Gasteiger partial charge in [0.25, 0.3) is 0 Å². The van der Waals surface area contributed by atoms with Crippen LogP contribution in [0.4, 0.5) is 30.7 Å². The zero-order chi connectivity index (χ0) is 26.2. The molecule has 0 bridgehead atoms. The highest BCUT2D eigenvalue weighted by molar-refractivity contribution is 5.70. The molecule has 192 valence electrons. The molecule has 0 spiro atoms. The number of benzene rings is 2. The molecule has 0 radical (unpaired) electrons. The number of halogens is 7. The number of carboxylic acid groups (broad SMARTS) is 1. The van der Waals surface area contributed by atoms with E-state index < -0.39 is 65.9 Å². The third kappa shape index (κ3) is 6.43. The predicted octanol–water partition coefficient (Wildman–Crippen LogP) is 5.08. The lowest BCUT2D eigenvalue weighted by atomic mass is 9.94. The SMILES string of the molecule is C[C@H](C(=O)O)[C@@H](O)c1cccc(OCC2(F)CN(Cc3cc(C(F)(F)F)ccc3C(F)(F)F)C2)c1. The maximum absolute atomic E-state index is 14.9.